The van der Waals surface area contributed by atoms with Gasteiger partial charge in [0.25, 0.3) is 0 Å². The first-order valence-corrected chi connectivity index (χ1v) is 10.4. The topological polar surface area (TPSA) is 70.7 Å². The number of nitrogens with zero attached hydrogens (tertiary/aromatic N) is 1. The molecule has 1 aliphatic heterocycles. The number of sulfonamides is 1. The number of alkyl halides is 3. The fraction of sp³-hybridized carbons (Fsp3) is 0.278. The van der Waals surface area contributed by atoms with Crippen molar-refractivity contribution in [2.24, 2.45) is 0 Å². The highest BCUT2D eigenvalue weighted by Crippen LogP contribution is 2.34. The quantitative estimate of drug-likeness (QED) is 0.702. The zero-order chi connectivity index (χ0) is 21.1. The van der Waals surface area contributed by atoms with E-state index in [2.05, 4.69) is 10.6 Å². The second kappa shape index (κ2) is 8.66. The van der Waals surface area contributed by atoms with Crippen molar-refractivity contribution in [3.05, 3.63) is 54.1 Å². The smallest absolute Gasteiger partial charge is 0.379 e. The zero-order valence-corrected chi connectivity index (χ0v) is 16.7. The van der Waals surface area contributed by atoms with Gasteiger partial charge in [-0.3, -0.25) is 0 Å². The second-order valence-electron chi connectivity index (χ2n) is 6.16. The normalized spacial score (nSPS) is 15.7. The number of hydrogen-bond donors (Lipinski definition) is 2. The third-order valence-electron chi connectivity index (χ3n) is 4.20. The Bertz CT molecular complexity index is 974. The molecule has 2 aromatic rings. The molecule has 6 nitrogen and oxygen atoms in total. The molecule has 0 bridgehead atoms. The summed E-state index contributed by atoms with van der Waals surface area (Å²) in [6.45, 7) is 1.26. The van der Waals surface area contributed by atoms with Gasteiger partial charge in [-0.05, 0) is 48.6 Å². The van der Waals surface area contributed by atoms with Gasteiger partial charge in [-0.1, -0.05) is 12.1 Å². The predicted molar refractivity (Wildman–Crippen MR) is 107 cm³/mol. The maximum absolute atomic E-state index is 13.1. The van der Waals surface area contributed by atoms with Crippen LogP contribution in [0.5, 0.6) is 0 Å². The molecule has 11 heteroatoms. The van der Waals surface area contributed by atoms with Gasteiger partial charge in [-0.2, -0.15) is 17.5 Å². The molecule has 1 heterocycles. The summed E-state index contributed by atoms with van der Waals surface area (Å²) < 4.78 is 70.9. The van der Waals surface area contributed by atoms with Gasteiger partial charge in [-0.25, -0.2) is 8.42 Å². The molecule has 0 aromatic heterocycles. The Morgan fingerprint density at radius 3 is 2.24 bits per heavy atom. The van der Waals surface area contributed by atoms with Crippen molar-refractivity contribution in [2.45, 2.75) is 11.1 Å². The van der Waals surface area contributed by atoms with Crippen LogP contribution in [0.25, 0.3) is 0 Å². The molecule has 2 aromatic carbocycles. The number of benzene rings is 2. The minimum absolute atomic E-state index is 0.0505. The van der Waals surface area contributed by atoms with E-state index >= 15 is 0 Å². The van der Waals surface area contributed by atoms with Crippen molar-refractivity contribution >= 4 is 38.7 Å². The number of halogens is 3. The number of hydrogen-bond acceptors (Lipinski definition) is 4. The standard InChI is InChI=1S/C18H18F3N3O3S2/c19-18(20,21)15-3-1-2-4-16(15)23-17(28)22-13-5-7-14(8-6-13)29(25,26)24-9-11-27-12-10-24/h1-8H,9-12H2,(H2,22,23,28). The summed E-state index contributed by atoms with van der Waals surface area (Å²) in [6, 6.07) is 10.8. The molecule has 0 atom stereocenters. The van der Waals surface area contributed by atoms with Gasteiger partial charge < -0.3 is 15.4 Å². The molecule has 0 radical (unpaired) electrons. The van der Waals surface area contributed by atoms with E-state index in [0.29, 0.717) is 18.9 Å². The van der Waals surface area contributed by atoms with Crippen molar-refractivity contribution in [1.29, 1.82) is 0 Å². The van der Waals surface area contributed by atoms with Crippen molar-refractivity contribution < 1.29 is 26.3 Å². The first-order valence-electron chi connectivity index (χ1n) is 8.60. The Hall–Kier alpha value is -2.21. The summed E-state index contributed by atoms with van der Waals surface area (Å²) in [5, 5.41) is 5.22. The molecular weight excluding hydrogens is 427 g/mol. The maximum Gasteiger partial charge on any atom is 0.418 e. The number of rotatable bonds is 4. The molecule has 0 aliphatic carbocycles. The Morgan fingerprint density at radius 2 is 1.62 bits per heavy atom. The van der Waals surface area contributed by atoms with Crippen LogP contribution in [0, 0.1) is 0 Å². The summed E-state index contributed by atoms with van der Waals surface area (Å²) in [6.07, 6.45) is -4.52. The van der Waals surface area contributed by atoms with E-state index in [1.165, 1.54) is 46.8 Å². The Balaban J connectivity index is 1.68. The fourth-order valence-corrected chi connectivity index (χ4v) is 4.41. The lowest BCUT2D eigenvalue weighted by Gasteiger charge is -2.26. The van der Waals surface area contributed by atoms with Crippen LogP contribution in [0.2, 0.25) is 0 Å². The molecule has 3 rings (SSSR count). The minimum Gasteiger partial charge on any atom is -0.379 e. The van der Waals surface area contributed by atoms with Crippen LogP contribution >= 0.6 is 12.2 Å². The van der Waals surface area contributed by atoms with Gasteiger partial charge in [0.2, 0.25) is 10.0 Å². The minimum atomic E-state index is -4.52. The van der Waals surface area contributed by atoms with Crippen molar-refractivity contribution in [1.82, 2.24) is 4.31 Å². The van der Waals surface area contributed by atoms with Crippen molar-refractivity contribution in [3.8, 4) is 0 Å². The number of ether oxygens (including phenoxy) is 1. The van der Waals surface area contributed by atoms with E-state index in [4.69, 9.17) is 17.0 Å². The molecule has 0 amide bonds. The molecule has 0 spiro atoms. The van der Waals surface area contributed by atoms with Crippen LogP contribution in [0.1, 0.15) is 5.56 Å². The summed E-state index contributed by atoms with van der Waals surface area (Å²) in [4.78, 5) is 0.117. The van der Waals surface area contributed by atoms with E-state index < -0.39 is 21.8 Å². The SMILES string of the molecule is O=S(=O)(c1ccc(NC(=S)Nc2ccccc2C(F)(F)F)cc1)N1CCOCC1. The second-order valence-corrected chi connectivity index (χ2v) is 8.51. The van der Waals surface area contributed by atoms with E-state index in [1.807, 2.05) is 0 Å². The molecule has 2 N–H and O–H groups in total. The summed E-state index contributed by atoms with van der Waals surface area (Å²) >= 11 is 5.08. The van der Waals surface area contributed by atoms with Gasteiger partial charge in [0.15, 0.2) is 5.11 Å². The van der Waals surface area contributed by atoms with E-state index in [1.54, 1.807) is 0 Å². The van der Waals surface area contributed by atoms with E-state index in [-0.39, 0.29) is 28.8 Å². The van der Waals surface area contributed by atoms with Gasteiger partial charge in [0.05, 0.1) is 29.4 Å². The monoisotopic (exact) mass is 445 g/mol. The fourth-order valence-electron chi connectivity index (χ4n) is 2.77. The summed E-state index contributed by atoms with van der Waals surface area (Å²) in [5.41, 5.74) is -0.576. The summed E-state index contributed by atoms with van der Waals surface area (Å²) in [7, 11) is -3.63. The van der Waals surface area contributed by atoms with Crippen molar-refractivity contribution in [3.63, 3.8) is 0 Å². The molecule has 1 aliphatic rings. The Morgan fingerprint density at radius 1 is 1.00 bits per heavy atom. The van der Waals surface area contributed by atoms with Crippen LogP contribution < -0.4 is 10.6 Å². The molecule has 0 unspecified atom stereocenters. The molecular formula is C18H18F3N3O3S2. The highest BCUT2D eigenvalue weighted by atomic mass is 32.2. The summed E-state index contributed by atoms with van der Waals surface area (Å²) in [5.74, 6) is 0. The Labute approximate surface area is 171 Å². The van der Waals surface area contributed by atoms with Crippen LogP contribution in [-0.2, 0) is 20.9 Å². The number of para-hydroxylation sites is 1. The largest absolute Gasteiger partial charge is 0.418 e. The first-order chi connectivity index (χ1) is 13.7. The molecule has 0 saturated carbocycles. The molecule has 29 heavy (non-hydrogen) atoms. The van der Waals surface area contributed by atoms with Gasteiger partial charge >= 0.3 is 6.18 Å². The lowest BCUT2D eigenvalue weighted by molar-refractivity contribution is -0.136. The number of nitrogens with one attached hydrogen (secondary N) is 2. The number of anilines is 2. The number of thiocarbonyl (C=S) groups is 1. The first kappa shape index (κ1) is 21.5. The van der Waals surface area contributed by atoms with Crippen LogP contribution in [0.4, 0.5) is 24.5 Å². The average molecular weight is 445 g/mol. The molecule has 1 fully saturated rings. The van der Waals surface area contributed by atoms with E-state index in [0.717, 1.165) is 6.07 Å². The van der Waals surface area contributed by atoms with Crippen molar-refractivity contribution in [2.75, 3.05) is 36.9 Å². The third kappa shape index (κ3) is 5.24. The van der Waals surface area contributed by atoms with Crippen LogP contribution in [0.3, 0.4) is 0 Å². The molecule has 156 valence electrons. The van der Waals surface area contributed by atoms with Gasteiger partial charge in [0, 0.05) is 18.8 Å². The van der Waals surface area contributed by atoms with Crippen LogP contribution in [-0.4, -0.2) is 44.1 Å². The Kier molecular flexibility index (Phi) is 6.42. The van der Waals surface area contributed by atoms with E-state index in [9.17, 15) is 21.6 Å². The average Bonchev–Trinajstić information content (AvgIpc) is 2.68. The van der Waals surface area contributed by atoms with Crippen LogP contribution in [0.15, 0.2) is 53.4 Å². The highest BCUT2D eigenvalue weighted by molar-refractivity contribution is 7.89. The van der Waals surface area contributed by atoms with Gasteiger partial charge in [-0.15, -0.1) is 0 Å². The van der Waals surface area contributed by atoms with Gasteiger partial charge in [0.1, 0.15) is 0 Å². The zero-order valence-electron chi connectivity index (χ0n) is 15.1. The number of morpholine rings is 1. The third-order valence-corrected chi connectivity index (χ3v) is 6.32. The predicted octanol–water partition coefficient (Wildman–Crippen LogP) is 3.54. The lowest BCUT2D eigenvalue weighted by Crippen LogP contribution is -2.40. The maximum atomic E-state index is 13.1. The highest BCUT2D eigenvalue weighted by Gasteiger charge is 2.33. The lowest BCUT2D eigenvalue weighted by atomic mass is 10.1. The molecule has 1 saturated heterocycles.